The van der Waals surface area contributed by atoms with Gasteiger partial charge >= 0.3 is 0 Å². The van der Waals surface area contributed by atoms with Crippen LogP contribution in [0, 0.1) is 5.41 Å². The maximum atomic E-state index is 10.6. The third-order valence-electron chi connectivity index (χ3n) is 1.01. The highest BCUT2D eigenvalue weighted by atomic mass is 16.2. The van der Waals surface area contributed by atoms with Crippen molar-refractivity contribution in [2.45, 2.75) is 6.92 Å². The summed E-state index contributed by atoms with van der Waals surface area (Å²) in [6.45, 7) is 4.82. The van der Waals surface area contributed by atoms with Crippen LogP contribution in [0.1, 0.15) is 6.92 Å². The van der Waals surface area contributed by atoms with Crippen LogP contribution in [-0.2, 0) is 4.79 Å². The molecule has 1 N–H and O–H groups in total. The minimum absolute atomic E-state index is 0.222. The molecule has 0 fully saturated rings. The fourth-order valence-corrected chi connectivity index (χ4v) is 0.302. The Hall–Kier alpha value is -1.12. The van der Waals surface area contributed by atoms with Crippen molar-refractivity contribution in [2.24, 2.45) is 0 Å². The lowest BCUT2D eigenvalue weighted by Crippen LogP contribution is -2.28. The minimum atomic E-state index is -0.248. The SMILES string of the molecule is C=CC(=O)N(C)C(C)=N. The summed E-state index contributed by atoms with van der Waals surface area (Å²) in [5, 5.41) is 6.99. The molecule has 0 unspecified atom stereocenters. The number of carbonyl (C=O) groups excluding carboxylic acids is 1. The highest BCUT2D eigenvalue weighted by molar-refractivity contribution is 6.00. The molecule has 0 aliphatic heterocycles. The van der Waals surface area contributed by atoms with Gasteiger partial charge in [-0.1, -0.05) is 6.58 Å². The Bertz CT molecular complexity index is 151. The van der Waals surface area contributed by atoms with Gasteiger partial charge in [0.25, 0.3) is 5.91 Å². The smallest absolute Gasteiger partial charge is 0.250 e. The van der Waals surface area contributed by atoms with Gasteiger partial charge in [-0.25, -0.2) is 0 Å². The first kappa shape index (κ1) is 7.88. The topological polar surface area (TPSA) is 44.2 Å². The van der Waals surface area contributed by atoms with E-state index in [1.54, 1.807) is 6.92 Å². The predicted octanol–water partition coefficient (Wildman–Crippen LogP) is 0.628. The largest absolute Gasteiger partial charge is 0.301 e. The Morgan fingerprint density at radius 1 is 1.78 bits per heavy atom. The number of nitrogens with zero attached hydrogens (tertiary/aromatic N) is 1. The minimum Gasteiger partial charge on any atom is -0.301 e. The monoisotopic (exact) mass is 126 g/mol. The molecule has 0 rings (SSSR count). The Balaban J connectivity index is 4.03. The van der Waals surface area contributed by atoms with Crippen LogP contribution in [0.4, 0.5) is 0 Å². The maximum Gasteiger partial charge on any atom is 0.250 e. The molecule has 0 radical (unpaired) electrons. The number of amides is 1. The molecule has 0 spiro atoms. The molecule has 3 heteroatoms. The molecular weight excluding hydrogens is 116 g/mol. The second-order valence-corrected chi connectivity index (χ2v) is 1.69. The van der Waals surface area contributed by atoms with Crippen LogP contribution in [-0.4, -0.2) is 23.7 Å². The fourth-order valence-electron chi connectivity index (χ4n) is 0.302. The van der Waals surface area contributed by atoms with E-state index >= 15 is 0 Å². The zero-order valence-electron chi connectivity index (χ0n) is 5.64. The molecule has 0 atom stereocenters. The number of hydrogen-bond acceptors (Lipinski definition) is 2. The molecule has 0 aliphatic rings. The second kappa shape index (κ2) is 3.02. The standard InChI is InChI=1S/C6H10N2O/c1-4-6(9)8(3)5(2)7/h4,7H,1H2,2-3H3. The molecule has 0 bridgehead atoms. The van der Waals surface area contributed by atoms with Crippen molar-refractivity contribution in [1.29, 1.82) is 5.41 Å². The van der Waals surface area contributed by atoms with Crippen LogP contribution >= 0.6 is 0 Å². The Morgan fingerprint density at radius 3 is 2.33 bits per heavy atom. The van der Waals surface area contributed by atoms with Gasteiger partial charge in [-0.3, -0.25) is 10.2 Å². The van der Waals surface area contributed by atoms with Crippen LogP contribution in [0.3, 0.4) is 0 Å². The van der Waals surface area contributed by atoms with E-state index in [0.717, 1.165) is 0 Å². The molecule has 0 aliphatic carbocycles. The summed E-state index contributed by atoms with van der Waals surface area (Å²) >= 11 is 0. The van der Waals surface area contributed by atoms with Crippen LogP contribution < -0.4 is 0 Å². The van der Waals surface area contributed by atoms with Crippen LogP contribution in [0.2, 0.25) is 0 Å². The number of hydrogen-bond donors (Lipinski definition) is 1. The van der Waals surface area contributed by atoms with Gasteiger partial charge in [0, 0.05) is 7.05 Å². The van der Waals surface area contributed by atoms with Gasteiger partial charge in [0.05, 0.1) is 5.84 Å². The van der Waals surface area contributed by atoms with E-state index in [-0.39, 0.29) is 11.7 Å². The molecule has 0 aromatic heterocycles. The zero-order chi connectivity index (χ0) is 7.44. The molecule has 0 saturated heterocycles. The normalized spacial score (nSPS) is 8.22. The highest BCUT2D eigenvalue weighted by Gasteiger charge is 2.03. The van der Waals surface area contributed by atoms with Crippen molar-refractivity contribution in [2.75, 3.05) is 7.05 Å². The van der Waals surface area contributed by atoms with Crippen LogP contribution in [0.5, 0.6) is 0 Å². The van der Waals surface area contributed by atoms with Gasteiger partial charge in [0.2, 0.25) is 0 Å². The number of rotatable bonds is 1. The van der Waals surface area contributed by atoms with Crippen molar-refractivity contribution in [3.8, 4) is 0 Å². The quantitative estimate of drug-likeness (QED) is 0.312. The molecule has 0 aromatic rings. The van der Waals surface area contributed by atoms with Gasteiger partial charge in [-0.2, -0.15) is 0 Å². The Morgan fingerprint density at radius 2 is 2.22 bits per heavy atom. The molecule has 0 aromatic carbocycles. The summed E-state index contributed by atoms with van der Waals surface area (Å²) < 4.78 is 0. The van der Waals surface area contributed by atoms with E-state index in [1.807, 2.05) is 0 Å². The summed E-state index contributed by atoms with van der Waals surface area (Å²) in [4.78, 5) is 11.8. The van der Waals surface area contributed by atoms with E-state index in [1.165, 1.54) is 18.0 Å². The first-order valence-electron chi connectivity index (χ1n) is 2.55. The lowest BCUT2D eigenvalue weighted by molar-refractivity contribution is -0.121. The fraction of sp³-hybridized carbons (Fsp3) is 0.333. The number of nitrogens with one attached hydrogen (secondary N) is 1. The summed E-state index contributed by atoms with van der Waals surface area (Å²) in [5.41, 5.74) is 0. The van der Waals surface area contributed by atoms with Crippen molar-refractivity contribution < 1.29 is 4.79 Å². The van der Waals surface area contributed by atoms with E-state index in [0.29, 0.717) is 0 Å². The van der Waals surface area contributed by atoms with Crippen molar-refractivity contribution in [3.05, 3.63) is 12.7 Å². The van der Waals surface area contributed by atoms with E-state index < -0.39 is 0 Å². The molecule has 0 heterocycles. The third kappa shape index (κ3) is 2.08. The third-order valence-corrected chi connectivity index (χ3v) is 1.01. The molecule has 9 heavy (non-hydrogen) atoms. The summed E-state index contributed by atoms with van der Waals surface area (Å²) in [6, 6.07) is 0. The van der Waals surface area contributed by atoms with Crippen molar-refractivity contribution in [1.82, 2.24) is 4.90 Å². The summed E-state index contributed by atoms with van der Waals surface area (Å²) in [7, 11) is 1.53. The highest BCUT2D eigenvalue weighted by Crippen LogP contribution is 1.85. The van der Waals surface area contributed by atoms with Crippen LogP contribution in [0.25, 0.3) is 0 Å². The molecular formula is C6H10N2O. The maximum absolute atomic E-state index is 10.6. The number of amidine groups is 1. The second-order valence-electron chi connectivity index (χ2n) is 1.69. The summed E-state index contributed by atoms with van der Waals surface area (Å²) in [6.07, 6.45) is 1.18. The molecule has 3 nitrogen and oxygen atoms in total. The van der Waals surface area contributed by atoms with Gasteiger partial charge in [-0.05, 0) is 13.0 Å². The number of likely N-dealkylation sites (N-methyl/N-ethyl adjacent to an activating group) is 1. The van der Waals surface area contributed by atoms with E-state index in [2.05, 4.69) is 6.58 Å². The average molecular weight is 126 g/mol. The predicted molar refractivity (Wildman–Crippen MR) is 36.4 cm³/mol. The lowest BCUT2D eigenvalue weighted by Gasteiger charge is -2.11. The zero-order valence-corrected chi connectivity index (χ0v) is 5.64. The Labute approximate surface area is 54.5 Å². The van der Waals surface area contributed by atoms with Crippen LogP contribution in [0.15, 0.2) is 12.7 Å². The first-order chi connectivity index (χ1) is 4.09. The summed E-state index contributed by atoms with van der Waals surface area (Å²) in [5.74, 6) is -0.0256. The molecule has 1 amide bonds. The average Bonchev–Trinajstić information content (AvgIpc) is 1.84. The molecule has 0 saturated carbocycles. The first-order valence-corrected chi connectivity index (χ1v) is 2.55. The molecule has 50 valence electrons. The van der Waals surface area contributed by atoms with Crippen molar-refractivity contribution in [3.63, 3.8) is 0 Å². The van der Waals surface area contributed by atoms with Crippen molar-refractivity contribution >= 4 is 11.7 Å². The van der Waals surface area contributed by atoms with Gasteiger partial charge in [0.1, 0.15) is 0 Å². The van der Waals surface area contributed by atoms with Gasteiger partial charge < -0.3 is 4.90 Å². The van der Waals surface area contributed by atoms with Gasteiger partial charge in [-0.15, -0.1) is 0 Å². The number of carbonyl (C=O) groups is 1. The van der Waals surface area contributed by atoms with E-state index in [4.69, 9.17) is 5.41 Å². The Kier molecular flexibility index (Phi) is 2.64. The van der Waals surface area contributed by atoms with E-state index in [9.17, 15) is 4.79 Å². The lowest BCUT2D eigenvalue weighted by atomic mass is 10.5. The van der Waals surface area contributed by atoms with Gasteiger partial charge in [0.15, 0.2) is 0 Å².